The lowest BCUT2D eigenvalue weighted by molar-refractivity contribution is 0.529. The Kier molecular flexibility index (Phi) is 17.0. The zero-order valence-corrected chi connectivity index (χ0v) is 25.1. The molecule has 3 aromatic carbocycles. The van der Waals surface area contributed by atoms with Crippen molar-refractivity contribution in [2.75, 3.05) is 0 Å². The first-order valence-corrected chi connectivity index (χ1v) is 15.1. The van der Waals surface area contributed by atoms with Crippen molar-refractivity contribution in [1.29, 1.82) is 0 Å². The van der Waals surface area contributed by atoms with Crippen LogP contribution in [-0.2, 0) is 6.42 Å². The highest BCUT2D eigenvalue weighted by Gasteiger charge is 2.06. The Labute approximate surface area is 232 Å². The molecule has 0 saturated heterocycles. The Hall–Kier alpha value is -1.91. The zero-order valence-electron chi connectivity index (χ0n) is 23.7. The minimum absolute atomic E-state index is 0. The smallest absolute Gasteiger partial charge is 0.0105 e. The van der Waals surface area contributed by atoms with E-state index in [0.29, 0.717) is 0 Å². The second-order valence-corrected chi connectivity index (χ2v) is 10.7. The summed E-state index contributed by atoms with van der Waals surface area (Å²) in [6.45, 7) is 2.30. The highest BCUT2D eigenvalue weighted by atomic mass is 31.0. The lowest BCUT2D eigenvalue weighted by Crippen LogP contribution is -1.89. The maximum absolute atomic E-state index is 2.34. The Morgan fingerprint density at radius 1 is 0.378 bits per heavy atom. The molecule has 0 aromatic heterocycles. The molecule has 0 bridgehead atoms. The molecule has 202 valence electrons. The van der Waals surface area contributed by atoms with Gasteiger partial charge in [-0.15, -0.1) is 0 Å². The van der Waals surface area contributed by atoms with Gasteiger partial charge in [0.05, 0.1) is 0 Å². The standard InChI is InChI=1S/C36H50.H3P/c1-2-3-4-5-6-7-8-9-10-11-12-13-14-15-16-18-23-32-28-30-34(31-29-32)36-27-22-21-26-35(36)33-24-19-17-20-25-33;/h17,19-22,24-31H,2-16,18,23H2,1H3;1H3. The van der Waals surface area contributed by atoms with Crippen molar-refractivity contribution in [3.63, 3.8) is 0 Å². The number of unbranched alkanes of at least 4 members (excludes halogenated alkanes) is 15. The summed E-state index contributed by atoms with van der Waals surface area (Å²) in [5, 5.41) is 0. The molecule has 1 heteroatoms. The molecule has 0 aliphatic carbocycles. The summed E-state index contributed by atoms with van der Waals surface area (Å²) in [5.41, 5.74) is 6.69. The molecular formula is C36H53P. The third-order valence-electron chi connectivity index (χ3n) is 7.60. The minimum Gasteiger partial charge on any atom is -0.153 e. The highest BCUT2D eigenvalue weighted by Crippen LogP contribution is 2.32. The van der Waals surface area contributed by atoms with Crippen LogP contribution in [0.4, 0.5) is 0 Å². The van der Waals surface area contributed by atoms with Gasteiger partial charge in [0.2, 0.25) is 0 Å². The molecule has 0 N–H and O–H groups in total. The van der Waals surface area contributed by atoms with Gasteiger partial charge in [0.15, 0.2) is 0 Å². The van der Waals surface area contributed by atoms with Crippen LogP contribution < -0.4 is 0 Å². The normalized spacial score (nSPS) is 10.8. The van der Waals surface area contributed by atoms with E-state index in [4.69, 9.17) is 0 Å². The second kappa shape index (κ2) is 20.1. The van der Waals surface area contributed by atoms with E-state index in [0.717, 1.165) is 0 Å². The van der Waals surface area contributed by atoms with Gasteiger partial charge >= 0.3 is 0 Å². The fourth-order valence-corrected chi connectivity index (χ4v) is 5.33. The summed E-state index contributed by atoms with van der Waals surface area (Å²) in [7, 11) is 0. The van der Waals surface area contributed by atoms with Crippen LogP contribution in [-0.4, -0.2) is 0 Å². The number of hydrogen-bond donors (Lipinski definition) is 0. The van der Waals surface area contributed by atoms with E-state index in [1.54, 1.807) is 0 Å². The van der Waals surface area contributed by atoms with Crippen molar-refractivity contribution in [3.05, 3.63) is 84.4 Å². The summed E-state index contributed by atoms with van der Waals surface area (Å²) in [6.07, 6.45) is 24.1. The average Bonchev–Trinajstić information content (AvgIpc) is 2.93. The average molecular weight is 517 g/mol. The Balaban J connectivity index is 0.00000481. The predicted octanol–water partition coefficient (Wildman–Crippen LogP) is 11.9. The van der Waals surface area contributed by atoms with E-state index in [1.165, 1.54) is 137 Å². The monoisotopic (exact) mass is 516 g/mol. The largest absolute Gasteiger partial charge is 0.153 e. The third kappa shape index (κ3) is 12.5. The van der Waals surface area contributed by atoms with E-state index in [1.807, 2.05) is 0 Å². The van der Waals surface area contributed by atoms with Gasteiger partial charge in [-0.25, -0.2) is 0 Å². The van der Waals surface area contributed by atoms with Crippen molar-refractivity contribution in [1.82, 2.24) is 0 Å². The first-order valence-electron chi connectivity index (χ1n) is 15.1. The van der Waals surface area contributed by atoms with Crippen LogP contribution in [0.25, 0.3) is 22.3 Å². The SMILES string of the molecule is CCCCCCCCCCCCCCCCCCc1ccc(-c2ccccc2-c2ccccc2)cc1.P. The Morgan fingerprint density at radius 2 is 0.757 bits per heavy atom. The molecule has 0 spiro atoms. The summed E-state index contributed by atoms with van der Waals surface area (Å²) in [6, 6.07) is 28.8. The molecule has 0 saturated carbocycles. The lowest BCUT2D eigenvalue weighted by Gasteiger charge is -2.11. The first-order chi connectivity index (χ1) is 17.9. The van der Waals surface area contributed by atoms with Crippen LogP contribution in [0.5, 0.6) is 0 Å². The van der Waals surface area contributed by atoms with Gasteiger partial charge in [0.1, 0.15) is 0 Å². The van der Waals surface area contributed by atoms with Gasteiger partial charge < -0.3 is 0 Å². The molecule has 3 rings (SSSR count). The molecule has 0 fully saturated rings. The molecule has 0 aliphatic heterocycles. The van der Waals surface area contributed by atoms with Gasteiger partial charge in [-0.05, 0) is 40.7 Å². The van der Waals surface area contributed by atoms with Crippen molar-refractivity contribution >= 4 is 9.90 Å². The molecule has 0 aliphatic rings. The minimum atomic E-state index is 0. The van der Waals surface area contributed by atoms with Crippen LogP contribution in [0.1, 0.15) is 115 Å². The molecular weight excluding hydrogens is 463 g/mol. The molecule has 3 aromatic rings. The quantitative estimate of drug-likeness (QED) is 0.110. The van der Waals surface area contributed by atoms with Crippen LogP contribution >= 0.6 is 9.90 Å². The van der Waals surface area contributed by atoms with Crippen molar-refractivity contribution in [3.8, 4) is 22.3 Å². The maximum atomic E-state index is 2.34. The van der Waals surface area contributed by atoms with Gasteiger partial charge in [0, 0.05) is 0 Å². The molecule has 1 atom stereocenters. The van der Waals surface area contributed by atoms with Crippen LogP contribution in [0, 0.1) is 0 Å². The lowest BCUT2D eigenvalue weighted by atomic mass is 9.93. The van der Waals surface area contributed by atoms with Gasteiger partial charge in [-0.2, -0.15) is 9.90 Å². The van der Waals surface area contributed by atoms with Crippen LogP contribution in [0.3, 0.4) is 0 Å². The van der Waals surface area contributed by atoms with E-state index in [2.05, 4.69) is 85.8 Å². The van der Waals surface area contributed by atoms with Gasteiger partial charge in [0.25, 0.3) is 0 Å². The van der Waals surface area contributed by atoms with E-state index in [-0.39, 0.29) is 9.90 Å². The summed E-state index contributed by atoms with van der Waals surface area (Å²) in [5.74, 6) is 0. The molecule has 0 nitrogen and oxygen atoms in total. The Bertz CT molecular complexity index is 928. The third-order valence-corrected chi connectivity index (χ3v) is 7.60. The fourth-order valence-electron chi connectivity index (χ4n) is 5.33. The highest BCUT2D eigenvalue weighted by molar-refractivity contribution is 6.92. The molecule has 0 amide bonds. The van der Waals surface area contributed by atoms with E-state index < -0.39 is 0 Å². The van der Waals surface area contributed by atoms with Gasteiger partial charge in [-0.1, -0.05) is 182 Å². The molecule has 0 radical (unpaired) electrons. The maximum Gasteiger partial charge on any atom is -0.0105 e. The zero-order chi connectivity index (χ0) is 25.1. The first kappa shape index (κ1) is 31.3. The summed E-state index contributed by atoms with van der Waals surface area (Å²) in [4.78, 5) is 0. The van der Waals surface area contributed by atoms with Crippen molar-refractivity contribution in [2.45, 2.75) is 116 Å². The van der Waals surface area contributed by atoms with Crippen molar-refractivity contribution < 1.29 is 0 Å². The number of benzene rings is 3. The van der Waals surface area contributed by atoms with Crippen molar-refractivity contribution in [2.24, 2.45) is 0 Å². The molecule has 37 heavy (non-hydrogen) atoms. The Morgan fingerprint density at radius 3 is 1.22 bits per heavy atom. The van der Waals surface area contributed by atoms with Gasteiger partial charge in [-0.3, -0.25) is 0 Å². The predicted molar refractivity (Wildman–Crippen MR) is 172 cm³/mol. The number of aryl methyl sites for hydroxylation is 1. The topological polar surface area (TPSA) is 0 Å². The second-order valence-electron chi connectivity index (χ2n) is 10.7. The van der Waals surface area contributed by atoms with E-state index in [9.17, 15) is 0 Å². The molecule has 1 unspecified atom stereocenters. The molecule has 0 heterocycles. The number of hydrogen-bond acceptors (Lipinski definition) is 0. The summed E-state index contributed by atoms with van der Waals surface area (Å²) >= 11 is 0. The van der Waals surface area contributed by atoms with Crippen LogP contribution in [0.15, 0.2) is 78.9 Å². The van der Waals surface area contributed by atoms with E-state index >= 15 is 0 Å². The van der Waals surface area contributed by atoms with Crippen LogP contribution in [0.2, 0.25) is 0 Å². The summed E-state index contributed by atoms with van der Waals surface area (Å²) < 4.78 is 0. The fraction of sp³-hybridized carbons (Fsp3) is 0.500. The number of rotatable bonds is 19.